The van der Waals surface area contributed by atoms with Crippen LogP contribution in [0.15, 0.2) is 66.9 Å². The predicted octanol–water partition coefficient (Wildman–Crippen LogP) is 5.50. The zero-order chi connectivity index (χ0) is 52.1. The Morgan fingerprint density at radius 3 is 1.97 bits per heavy atom. The SMILES string of the molecule is COC(=O)C[C@H](CN(C)CCCCc1ccc2c(n1)NCCC2)c1cccc(-c2ccc(OCCOCCOCCOCCOCCn3cc(COCCOCCOCCOCCOCCC(=O)O)nn3)cc2)c1. The van der Waals surface area contributed by atoms with E-state index in [9.17, 15) is 9.59 Å². The fourth-order valence-corrected chi connectivity index (χ4v) is 7.82. The van der Waals surface area contributed by atoms with E-state index in [1.165, 1.54) is 12.7 Å². The zero-order valence-corrected chi connectivity index (χ0v) is 43.6. The maximum Gasteiger partial charge on any atom is 0.306 e. The molecule has 2 aromatic heterocycles. The van der Waals surface area contributed by atoms with Crippen molar-refractivity contribution in [2.45, 2.75) is 64.0 Å². The van der Waals surface area contributed by atoms with Crippen LogP contribution in [-0.2, 0) is 83.0 Å². The molecular weight excluding hydrogens is 957 g/mol. The number of anilines is 1. The van der Waals surface area contributed by atoms with E-state index in [-0.39, 0.29) is 24.9 Å². The largest absolute Gasteiger partial charge is 0.491 e. The van der Waals surface area contributed by atoms with Crippen LogP contribution in [0.4, 0.5) is 5.82 Å². The number of unbranched alkanes of at least 4 members (excludes halogenated alkanes) is 1. The van der Waals surface area contributed by atoms with Crippen LogP contribution in [-0.4, -0.2) is 195 Å². The molecule has 1 aliphatic heterocycles. The molecule has 0 spiro atoms. The normalized spacial score (nSPS) is 12.7. The smallest absolute Gasteiger partial charge is 0.306 e. The molecule has 2 N–H and O–H groups in total. The van der Waals surface area contributed by atoms with Gasteiger partial charge >= 0.3 is 11.9 Å². The molecule has 0 fully saturated rings. The van der Waals surface area contributed by atoms with Gasteiger partial charge in [0.15, 0.2) is 0 Å². The molecule has 2 aromatic carbocycles. The summed E-state index contributed by atoms with van der Waals surface area (Å²) < 4.78 is 62.4. The summed E-state index contributed by atoms with van der Waals surface area (Å²) in [5.74, 6) is 0.723. The van der Waals surface area contributed by atoms with Gasteiger partial charge in [-0.25, -0.2) is 9.67 Å². The Morgan fingerprint density at radius 1 is 0.703 bits per heavy atom. The second-order valence-corrected chi connectivity index (χ2v) is 17.6. The molecule has 0 amide bonds. The molecule has 20 heteroatoms. The first-order valence-corrected chi connectivity index (χ1v) is 26.0. The number of methoxy groups -OCH3 is 1. The molecule has 1 aliphatic rings. The molecule has 0 radical (unpaired) electrons. The number of carboxylic acid groups (broad SMARTS) is 1. The van der Waals surface area contributed by atoms with Crippen LogP contribution in [0, 0.1) is 0 Å². The first-order chi connectivity index (χ1) is 36.4. The fraction of sp³-hybridized carbons (Fsp3) is 0.611. The molecule has 0 unspecified atom stereocenters. The number of fused-ring (bicyclic) bond motifs is 1. The summed E-state index contributed by atoms with van der Waals surface area (Å²) in [5.41, 5.74) is 6.44. The third kappa shape index (κ3) is 25.9. The van der Waals surface area contributed by atoms with Crippen LogP contribution in [0.25, 0.3) is 11.1 Å². The number of aromatic nitrogens is 4. The Hall–Kier alpha value is -5.13. The number of carboxylic acids is 1. The lowest BCUT2D eigenvalue weighted by Crippen LogP contribution is -2.27. The Morgan fingerprint density at radius 2 is 1.32 bits per heavy atom. The summed E-state index contributed by atoms with van der Waals surface area (Å²) in [4.78, 5) is 30.1. The van der Waals surface area contributed by atoms with Gasteiger partial charge in [-0.05, 0) is 86.1 Å². The first kappa shape index (κ1) is 59.7. The summed E-state index contributed by atoms with van der Waals surface area (Å²) in [6, 6.07) is 20.9. The zero-order valence-electron chi connectivity index (χ0n) is 43.6. The van der Waals surface area contributed by atoms with Crippen LogP contribution in [0.5, 0.6) is 5.75 Å². The van der Waals surface area contributed by atoms with Crippen LogP contribution in [0.3, 0.4) is 0 Å². The number of benzene rings is 2. The molecular formula is C54H80N6O14. The molecule has 20 nitrogen and oxygen atoms in total. The summed E-state index contributed by atoms with van der Waals surface area (Å²) >= 11 is 0. The number of nitrogens with one attached hydrogen (secondary N) is 1. The number of hydrogen-bond acceptors (Lipinski definition) is 18. The number of ether oxygens (including phenoxy) is 11. The summed E-state index contributed by atoms with van der Waals surface area (Å²) in [6.07, 6.45) is 7.45. The Bertz CT molecular complexity index is 2110. The lowest BCUT2D eigenvalue weighted by molar-refractivity contribution is -0.141. The van der Waals surface area contributed by atoms with E-state index < -0.39 is 5.97 Å². The number of rotatable bonds is 44. The number of hydrogen-bond donors (Lipinski definition) is 2. The van der Waals surface area contributed by atoms with E-state index >= 15 is 0 Å². The average molecular weight is 1040 g/mol. The van der Waals surface area contributed by atoms with E-state index in [0.717, 1.165) is 91.4 Å². The Balaban J connectivity index is 0.811. The van der Waals surface area contributed by atoms with Crippen molar-refractivity contribution in [1.29, 1.82) is 0 Å². The van der Waals surface area contributed by atoms with Crippen LogP contribution in [0.1, 0.15) is 60.5 Å². The predicted molar refractivity (Wildman–Crippen MR) is 277 cm³/mol. The molecule has 74 heavy (non-hydrogen) atoms. The van der Waals surface area contributed by atoms with Crippen molar-refractivity contribution in [1.82, 2.24) is 24.9 Å². The molecule has 0 saturated heterocycles. The molecule has 3 heterocycles. The van der Waals surface area contributed by atoms with E-state index in [1.54, 1.807) is 4.68 Å². The number of pyridine rings is 1. The van der Waals surface area contributed by atoms with Gasteiger partial charge in [0.05, 0.1) is 152 Å². The van der Waals surface area contributed by atoms with Gasteiger partial charge in [0.1, 0.15) is 23.9 Å². The van der Waals surface area contributed by atoms with Crippen molar-refractivity contribution in [2.24, 2.45) is 0 Å². The number of aliphatic carboxylic acids is 1. The number of esters is 1. The molecule has 410 valence electrons. The lowest BCUT2D eigenvalue weighted by Gasteiger charge is -2.24. The molecule has 0 bridgehead atoms. The van der Waals surface area contributed by atoms with Crippen LogP contribution in [0.2, 0.25) is 0 Å². The Kier molecular flexibility index (Phi) is 30.3. The van der Waals surface area contributed by atoms with Crippen molar-refractivity contribution in [3.8, 4) is 16.9 Å². The number of carbonyl (C=O) groups is 2. The molecule has 5 rings (SSSR count). The van der Waals surface area contributed by atoms with Crippen molar-refractivity contribution >= 4 is 17.8 Å². The first-order valence-electron chi connectivity index (χ1n) is 26.0. The summed E-state index contributed by atoms with van der Waals surface area (Å²) in [5, 5.41) is 20.2. The van der Waals surface area contributed by atoms with E-state index in [1.807, 2.05) is 18.3 Å². The molecule has 0 aliphatic carbocycles. The van der Waals surface area contributed by atoms with Gasteiger partial charge in [0, 0.05) is 24.7 Å². The average Bonchev–Trinajstić information content (AvgIpc) is 3.88. The van der Waals surface area contributed by atoms with Crippen molar-refractivity contribution < 1.29 is 66.8 Å². The van der Waals surface area contributed by atoms with Gasteiger partial charge in [-0.1, -0.05) is 47.7 Å². The number of carbonyl (C=O) groups excluding carboxylic acids is 1. The highest BCUT2D eigenvalue weighted by molar-refractivity contribution is 5.71. The summed E-state index contributed by atoms with van der Waals surface area (Å²) in [7, 11) is 3.58. The monoisotopic (exact) mass is 1040 g/mol. The summed E-state index contributed by atoms with van der Waals surface area (Å²) in [6.45, 7) is 11.2. The highest BCUT2D eigenvalue weighted by atomic mass is 16.6. The van der Waals surface area contributed by atoms with Gasteiger partial charge < -0.3 is 67.4 Å². The van der Waals surface area contributed by atoms with Crippen molar-refractivity contribution in [2.75, 3.05) is 158 Å². The minimum Gasteiger partial charge on any atom is -0.491 e. The highest BCUT2D eigenvalue weighted by Gasteiger charge is 2.20. The van der Waals surface area contributed by atoms with E-state index in [2.05, 4.69) is 76.1 Å². The maximum atomic E-state index is 12.5. The molecule has 1 atom stereocenters. The second kappa shape index (κ2) is 37.6. The van der Waals surface area contributed by atoms with Gasteiger partial charge in [0.25, 0.3) is 0 Å². The highest BCUT2D eigenvalue weighted by Crippen LogP contribution is 2.29. The molecule has 0 saturated carbocycles. The number of likely N-dealkylation sites (N-methyl/N-ethyl adjacent to an activating group) is 1. The second-order valence-electron chi connectivity index (χ2n) is 17.6. The van der Waals surface area contributed by atoms with Gasteiger partial charge in [-0.3, -0.25) is 9.59 Å². The van der Waals surface area contributed by atoms with Crippen LogP contribution < -0.4 is 10.1 Å². The standard InChI is InChI=1S/C54H80N6O14/c1-59(19-4-3-10-49-14-11-45-9-6-18-55-54(45)56-49)41-48(40-53(63)64-2)47-8-5-7-46(39-47)44-12-15-51(16-13-44)74-38-37-72-34-33-70-30-28-68-26-24-66-22-20-60-42-50(57-58-60)43-73-36-35-71-32-31-69-29-27-67-25-23-65-21-17-52(61)62/h5,7-8,11-16,39,42,48H,3-4,6,9-10,17-38,40-41,43H2,1-2H3,(H,55,56)(H,61,62)/t48-/m1/s1. The van der Waals surface area contributed by atoms with E-state index in [4.69, 9.17) is 62.2 Å². The Labute approximate surface area is 436 Å². The molecule has 4 aromatic rings. The van der Waals surface area contributed by atoms with Gasteiger partial charge in [0.2, 0.25) is 0 Å². The third-order valence-electron chi connectivity index (χ3n) is 11.8. The topological polar surface area (TPSA) is 215 Å². The quantitative estimate of drug-likeness (QED) is 0.0413. The van der Waals surface area contributed by atoms with Crippen molar-refractivity contribution in [3.63, 3.8) is 0 Å². The fourth-order valence-electron chi connectivity index (χ4n) is 7.82. The lowest BCUT2D eigenvalue weighted by atomic mass is 9.92. The number of aryl methyl sites for hydroxylation is 2. The maximum absolute atomic E-state index is 12.5. The number of nitrogens with zero attached hydrogens (tertiary/aromatic N) is 5. The minimum atomic E-state index is -0.881. The van der Waals surface area contributed by atoms with Crippen LogP contribution >= 0.6 is 0 Å². The van der Waals surface area contributed by atoms with E-state index in [0.29, 0.717) is 132 Å². The van der Waals surface area contributed by atoms with Gasteiger partial charge in [-0.15, -0.1) is 5.10 Å². The minimum absolute atomic E-state index is 0.00277. The third-order valence-corrected chi connectivity index (χ3v) is 11.8. The van der Waals surface area contributed by atoms with Gasteiger partial charge in [-0.2, -0.15) is 0 Å². The van der Waals surface area contributed by atoms with Crippen molar-refractivity contribution in [3.05, 3.63) is 89.4 Å².